The van der Waals surface area contributed by atoms with Gasteiger partial charge in [0, 0.05) is 48.3 Å². The topological polar surface area (TPSA) is 99.6 Å². The third-order valence-electron chi connectivity index (χ3n) is 5.12. The fourth-order valence-corrected chi connectivity index (χ4v) is 5.28. The number of nitrogens with one attached hydrogen (secondary N) is 2. The van der Waals surface area contributed by atoms with Crippen molar-refractivity contribution >= 4 is 37.9 Å². The Morgan fingerprint density at radius 1 is 1.17 bits per heavy atom. The summed E-state index contributed by atoms with van der Waals surface area (Å²) in [6.45, 7) is 1.42. The first-order valence-corrected chi connectivity index (χ1v) is 11.9. The number of nitrogens with zero attached hydrogens (tertiary/aromatic N) is 3. The molecule has 3 aromatic heterocycles. The molecule has 0 radical (unpaired) electrons. The van der Waals surface area contributed by atoms with Gasteiger partial charge >= 0.3 is 0 Å². The SMILES string of the molecule is O=C(c1cc(S(=O)(=O)Nc2ccc(-c3cn4ccsc4n3)cc2)c[nH]1)N1CCCC1. The summed E-state index contributed by atoms with van der Waals surface area (Å²) < 4.78 is 30.0. The summed E-state index contributed by atoms with van der Waals surface area (Å²) in [5.41, 5.74) is 2.45. The molecule has 4 aromatic rings. The first kappa shape index (κ1) is 18.9. The molecular weight excluding hydrogens is 422 g/mol. The molecule has 0 aliphatic carbocycles. The van der Waals surface area contributed by atoms with E-state index in [0.29, 0.717) is 18.8 Å². The average Bonchev–Trinajstić information content (AvgIpc) is 3.52. The highest BCUT2D eigenvalue weighted by Crippen LogP contribution is 2.24. The highest BCUT2D eigenvalue weighted by atomic mass is 32.2. The second-order valence-electron chi connectivity index (χ2n) is 7.15. The third kappa shape index (κ3) is 3.48. The molecule has 0 atom stereocenters. The van der Waals surface area contributed by atoms with Crippen molar-refractivity contribution in [1.29, 1.82) is 0 Å². The Morgan fingerprint density at radius 2 is 1.93 bits per heavy atom. The van der Waals surface area contributed by atoms with Crippen molar-refractivity contribution in [2.24, 2.45) is 0 Å². The van der Waals surface area contributed by atoms with Crippen LogP contribution in [0, 0.1) is 0 Å². The minimum Gasteiger partial charge on any atom is -0.356 e. The molecule has 8 nitrogen and oxygen atoms in total. The molecule has 2 N–H and O–H groups in total. The Hall–Kier alpha value is -3.11. The summed E-state index contributed by atoms with van der Waals surface area (Å²) in [7, 11) is -3.81. The number of amides is 1. The second kappa shape index (κ2) is 7.29. The van der Waals surface area contributed by atoms with Crippen LogP contribution in [0.1, 0.15) is 23.3 Å². The number of aromatic nitrogens is 3. The quantitative estimate of drug-likeness (QED) is 0.496. The van der Waals surface area contributed by atoms with Crippen LogP contribution in [0.5, 0.6) is 0 Å². The average molecular weight is 442 g/mol. The molecule has 4 heterocycles. The van der Waals surface area contributed by atoms with Crippen LogP contribution < -0.4 is 4.72 Å². The van der Waals surface area contributed by atoms with Crippen LogP contribution in [-0.4, -0.2) is 46.7 Å². The normalized spacial score (nSPS) is 14.5. The number of benzene rings is 1. The monoisotopic (exact) mass is 441 g/mol. The number of anilines is 1. The van der Waals surface area contributed by atoms with Crippen molar-refractivity contribution in [2.45, 2.75) is 17.7 Å². The number of sulfonamides is 1. The Kier molecular flexibility index (Phi) is 4.59. The molecule has 1 amide bonds. The van der Waals surface area contributed by atoms with Crippen LogP contribution in [0.25, 0.3) is 16.2 Å². The molecule has 1 fully saturated rings. The molecule has 1 aromatic carbocycles. The molecule has 1 saturated heterocycles. The highest BCUT2D eigenvalue weighted by molar-refractivity contribution is 7.92. The molecule has 0 saturated carbocycles. The van der Waals surface area contributed by atoms with Gasteiger partial charge < -0.3 is 9.88 Å². The lowest BCUT2D eigenvalue weighted by molar-refractivity contribution is 0.0787. The molecule has 30 heavy (non-hydrogen) atoms. The van der Waals surface area contributed by atoms with Crippen LogP contribution >= 0.6 is 11.3 Å². The maximum atomic E-state index is 12.7. The number of thiazole rings is 1. The highest BCUT2D eigenvalue weighted by Gasteiger charge is 2.23. The lowest BCUT2D eigenvalue weighted by atomic mass is 10.1. The summed E-state index contributed by atoms with van der Waals surface area (Å²) in [5.74, 6) is -0.168. The van der Waals surface area contributed by atoms with Crippen molar-refractivity contribution < 1.29 is 13.2 Å². The largest absolute Gasteiger partial charge is 0.356 e. The van der Waals surface area contributed by atoms with Crippen molar-refractivity contribution in [3.05, 3.63) is 60.0 Å². The van der Waals surface area contributed by atoms with E-state index in [1.165, 1.54) is 12.3 Å². The van der Waals surface area contributed by atoms with Gasteiger partial charge in [-0.2, -0.15) is 0 Å². The molecule has 0 spiro atoms. The van der Waals surface area contributed by atoms with E-state index in [1.54, 1.807) is 28.4 Å². The van der Waals surface area contributed by atoms with Gasteiger partial charge in [0.25, 0.3) is 15.9 Å². The molecule has 154 valence electrons. The van der Waals surface area contributed by atoms with Crippen LogP contribution in [0.2, 0.25) is 0 Å². The summed E-state index contributed by atoms with van der Waals surface area (Å²) in [6.07, 6.45) is 7.18. The number of hydrogen-bond acceptors (Lipinski definition) is 5. The van der Waals surface area contributed by atoms with Gasteiger partial charge in [-0.25, -0.2) is 13.4 Å². The fourth-order valence-electron chi connectivity index (χ4n) is 3.53. The van der Waals surface area contributed by atoms with Gasteiger partial charge in [-0.15, -0.1) is 11.3 Å². The van der Waals surface area contributed by atoms with Crippen LogP contribution in [-0.2, 0) is 10.0 Å². The van der Waals surface area contributed by atoms with E-state index in [9.17, 15) is 13.2 Å². The van der Waals surface area contributed by atoms with E-state index in [2.05, 4.69) is 14.7 Å². The first-order valence-electron chi connectivity index (χ1n) is 9.53. The molecule has 1 aliphatic rings. The summed E-state index contributed by atoms with van der Waals surface area (Å²) in [6, 6.07) is 8.43. The van der Waals surface area contributed by atoms with Crippen LogP contribution in [0.4, 0.5) is 5.69 Å². The lowest BCUT2D eigenvalue weighted by Gasteiger charge is -2.13. The van der Waals surface area contributed by atoms with E-state index >= 15 is 0 Å². The lowest BCUT2D eigenvalue weighted by Crippen LogP contribution is -2.27. The molecule has 0 unspecified atom stereocenters. The maximum absolute atomic E-state index is 12.7. The minimum atomic E-state index is -3.81. The van der Waals surface area contributed by atoms with Gasteiger partial charge in [0.15, 0.2) is 4.96 Å². The van der Waals surface area contributed by atoms with Gasteiger partial charge in [-0.3, -0.25) is 13.9 Å². The van der Waals surface area contributed by atoms with Crippen molar-refractivity contribution in [1.82, 2.24) is 19.3 Å². The van der Waals surface area contributed by atoms with E-state index in [4.69, 9.17) is 0 Å². The van der Waals surface area contributed by atoms with Gasteiger partial charge in [-0.1, -0.05) is 12.1 Å². The van der Waals surface area contributed by atoms with Gasteiger partial charge in [0.2, 0.25) is 0 Å². The number of H-pyrrole nitrogens is 1. The van der Waals surface area contributed by atoms with Crippen molar-refractivity contribution in [3.8, 4) is 11.3 Å². The van der Waals surface area contributed by atoms with E-state index < -0.39 is 10.0 Å². The number of carbonyl (C=O) groups excluding carboxylic acids is 1. The van der Waals surface area contributed by atoms with E-state index in [-0.39, 0.29) is 16.5 Å². The van der Waals surface area contributed by atoms with Crippen molar-refractivity contribution in [3.63, 3.8) is 0 Å². The first-order chi connectivity index (χ1) is 14.5. The van der Waals surface area contributed by atoms with Gasteiger partial charge in [0.05, 0.1) is 5.69 Å². The zero-order valence-electron chi connectivity index (χ0n) is 15.9. The number of fused-ring (bicyclic) bond motifs is 1. The van der Waals surface area contributed by atoms with Gasteiger partial charge in [0.1, 0.15) is 10.6 Å². The molecule has 0 bridgehead atoms. The summed E-state index contributed by atoms with van der Waals surface area (Å²) >= 11 is 1.55. The van der Waals surface area contributed by atoms with Crippen LogP contribution in [0.15, 0.2) is 59.2 Å². The minimum absolute atomic E-state index is 0.0310. The predicted molar refractivity (Wildman–Crippen MR) is 115 cm³/mol. The number of hydrogen-bond donors (Lipinski definition) is 2. The Labute approximate surface area is 177 Å². The Morgan fingerprint density at radius 3 is 2.67 bits per heavy atom. The molecular formula is C20H19N5O3S2. The number of likely N-dealkylation sites (tertiary alicyclic amines) is 1. The van der Waals surface area contributed by atoms with Crippen molar-refractivity contribution in [2.75, 3.05) is 17.8 Å². The fraction of sp³-hybridized carbons (Fsp3) is 0.200. The Bertz CT molecular complexity index is 1280. The zero-order chi connectivity index (χ0) is 20.7. The second-order valence-corrected chi connectivity index (χ2v) is 9.71. The van der Waals surface area contributed by atoms with Gasteiger partial charge in [-0.05, 0) is 31.0 Å². The van der Waals surface area contributed by atoms with Crippen LogP contribution in [0.3, 0.4) is 0 Å². The molecule has 1 aliphatic heterocycles. The smallest absolute Gasteiger partial charge is 0.270 e. The predicted octanol–water partition coefficient (Wildman–Crippen LogP) is 3.43. The zero-order valence-corrected chi connectivity index (χ0v) is 17.5. The number of imidazole rings is 1. The summed E-state index contributed by atoms with van der Waals surface area (Å²) in [5, 5.41) is 1.97. The molecule has 5 rings (SSSR count). The van der Waals surface area contributed by atoms with E-state index in [1.807, 2.05) is 34.3 Å². The Balaban J connectivity index is 1.32. The third-order valence-corrected chi connectivity index (χ3v) is 7.25. The summed E-state index contributed by atoms with van der Waals surface area (Å²) in [4.78, 5) is 22.4. The standard InChI is InChI=1S/C20H19N5O3S2/c26-19(24-7-1-2-8-24)17-11-16(12-21-17)30(27,28)23-15-5-3-14(4-6-15)18-13-25-9-10-29-20(25)22-18/h3-6,9-13,21,23H,1-2,7-8H2. The van der Waals surface area contributed by atoms with E-state index in [0.717, 1.165) is 29.1 Å². The molecule has 10 heteroatoms. The maximum Gasteiger partial charge on any atom is 0.270 e. The number of rotatable bonds is 5. The number of aromatic amines is 1. The number of carbonyl (C=O) groups is 1.